The third-order valence-electron chi connectivity index (χ3n) is 3.01. The summed E-state index contributed by atoms with van der Waals surface area (Å²) in [5.74, 6) is -1.49. The number of hydrogen-bond donors (Lipinski definition) is 2. The van der Waals surface area contributed by atoms with Crippen LogP contribution in [-0.2, 0) is 16.1 Å². The molecule has 0 spiro atoms. The number of carbonyl (C=O) groups is 2. The van der Waals surface area contributed by atoms with Crippen molar-refractivity contribution in [2.24, 2.45) is 0 Å². The average Bonchev–Trinajstić information content (AvgIpc) is 2.45. The number of amides is 2. The Kier molecular flexibility index (Phi) is 4.52. The number of urea groups is 1. The SMILES string of the molecule is O=C(O)C1COCCN1C(=O)NCc1cccc(F)c1. The molecule has 1 heterocycles. The van der Waals surface area contributed by atoms with Crippen LogP contribution in [0, 0.1) is 5.82 Å². The second kappa shape index (κ2) is 6.33. The number of hydrogen-bond acceptors (Lipinski definition) is 3. The molecule has 1 fully saturated rings. The molecular formula is C13H15FN2O4. The third kappa shape index (κ3) is 3.45. The molecule has 1 unspecified atom stereocenters. The fourth-order valence-electron chi connectivity index (χ4n) is 1.98. The Morgan fingerprint density at radius 1 is 1.50 bits per heavy atom. The van der Waals surface area contributed by atoms with Gasteiger partial charge in [-0.15, -0.1) is 0 Å². The van der Waals surface area contributed by atoms with Crippen LogP contribution in [0.1, 0.15) is 5.56 Å². The molecule has 1 atom stereocenters. The first kappa shape index (κ1) is 14.3. The summed E-state index contributed by atoms with van der Waals surface area (Å²) in [5, 5.41) is 11.6. The minimum absolute atomic E-state index is 0.0251. The highest BCUT2D eigenvalue weighted by atomic mass is 19.1. The highest BCUT2D eigenvalue weighted by Gasteiger charge is 2.32. The lowest BCUT2D eigenvalue weighted by Crippen LogP contribution is -2.55. The zero-order chi connectivity index (χ0) is 14.5. The normalized spacial score (nSPS) is 18.6. The second-order valence-corrected chi connectivity index (χ2v) is 4.41. The van der Waals surface area contributed by atoms with Crippen LogP contribution in [0.2, 0.25) is 0 Å². The molecule has 2 amide bonds. The highest BCUT2D eigenvalue weighted by Crippen LogP contribution is 2.08. The monoisotopic (exact) mass is 282 g/mol. The van der Waals surface area contributed by atoms with E-state index in [-0.39, 0.29) is 25.5 Å². The van der Waals surface area contributed by atoms with Crippen LogP contribution in [0.5, 0.6) is 0 Å². The molecule has 20 heavy (non-hydrogen) atoms. The summed E-state index contributed by atoms with van der Waals surface area (Å²) in [6.45, 7) is 0.631. The van der Waals surface area contributed by atoms with Gasteiger partial charge in [-0.1, -0.05) is 12.1 Å². The molecule has 1 aromatic rings. The number of aliphatic carboxylic acids is 1. The number of nitrogens with one attached hydrogen (secondary N) is 1. The fourth-order valence-corrected chi connectivity index (χ4v) is 1.98. The van der Waals surface area contributed by atoms with E-state index in [2.05, 4.69) is 5.32 Å². The quantitative estimate of drug-likeness (QED) is 0.860. The summed E-state index contributed by atoms with van der Waals surface area (Å²) in [4.78, 5) is 24.2. The van der Waals surface area contributed by atoms with E-state index in [9.17, 15) is 14.0 Å². The Labute approximate surface area is 115 Å². The molecule has 1 aromatic carbocycles. The molecular weight excluding hydrogens is 267 g/mol. The maximum Gasteiger partial charge on any atom is 0.328 e. The molecule has 108 valence electrons. The number of halogens is 1. The number of benzene rings is 1. The van der Waals surface area contributed by atoms with Gasteiger partial charge in [-0.2, -0.15) is 0 Å². The largest absolute Gasteiger partial charge is 0.480 e. The first-order valence-electron chi connectivity index (χ1n) is 6.17. The van der Waals surface area contributed by atoms with Gasteiger partial charge >= 0.3 is 12.0 Å². The number of ether oxygens (including phenoxy) is 1. The van der Waals surface area contributed by atoms with E-state index in [1.54, 1.807) is 12.1 Å². The number of morpholine rings is 1. The van der Waals surface area contributed by atoms with E-state index < -0.39 is 18.0 Å². The molecule has 1 saturated heterocycles. The summed E-state index contributed by atoms with van der Waals surface area (Å²) >= 11 is 0. The Balaban J connectivity index is 1.95. The van der Waals surface area contributed by atoms with Crippen molar-refractivity contribution in [2.45, 2.75) is 12.6 Å². The molecule has 0 bridgehead atoms. The maximum absolute atomic E-state index is 13.0. The van der Waals surface area contributed by atoms with E-state index in [4.69, 9.17) is 9.84 Å². The van der Waals surface area contributed by atoms with Gasteiger partial charge in [0.05, 0.1) is 13.2 Å². The predicted molar refractivity (Wildman–Crippen MR) is 67.6 cm³/mol. The molecule has 0 aromatic heterocycles. The standard InChI is InChI=1S/C13H15FN2O4/c14-10-3-1-2-9(6-10)7-15-13(19)16-4-5-20-8-11(16)12(17)18/h1-3,6,11H,4-5,7-8H2,(H,15,19)(H,17,18). The predicted octanol–water partition coefficient (Wildman–Crippen LogP) is 0.821. The molecule has 1 aliphatic heterocycles. The van der Waals surface area contributed by atoms with E-state index >= 15 is 0 Å². The molecule has 6 nitrogen and oxygen atoms in total. The van der Waals surface area contributed by atoms with E-state index in [0.717, 1.165) is 0 Å². The van der Waals surface area contributed by atoms with Crippen LogP contribution in [0.4, 0.5) is 9.18 Å². The molecule has 2 rings (SSSR count). The van der Waals surface area contributed by atoms with Crippen molar-refractivity contribution in [3.8, 4) is 0 Å². The van der Waals surface area contributed by atoms with Crippen molar-refractivity contribution in [2.75, 3.05) is 19.8 Å². The van der Waals surface area contributed by atoms with Crippen LogP contribution in [0.15, 0.2) is 24.3 Å². The molecule has 0 radical (unpaired) electrons. The van der Waals surface area contributed by atoms with E-state index in [1.165, 1.54) is 17.0 Å². The van der Waals surface area contributed by atoms with Gasteiger partial charge in [0.15, 0.2) is 6.04 Å². The van der Waals surface area contributed by atoms with Gasteiger partial charge in [-0.05, 0) is 17.7 Å². The molecule has 0 aliphatic carbocycles. The minimum atomic E-state index is -1.11. The van der Waals surface area contributed by atoms with Gasteiger partial charge in [0.1, 0.15) is 5.82 Å². The van der Waals surface area contributed by atoms with Crippen LogP contribution in [-0.4, -0.2) is 47.8 Å². The van der Waals surface area contributed by atoms with Gasteiger partial charge < -0.3 is 20.1 Å². The number of nitrogens with zero attached hydrogens (tertiary/aromatic N) is 1. The smallest absolute Gasteiger partial charge is 0.328 e. The van der Waals surface area contributed by atoms with Crippen LogP contribution >= 0.6 is 0 Å². The topological polar surface area (TPSA) is 78.9 Å². The van der Waals surface area contributed by atoms with Crippen molar-refractivity contribution in [1.29, 1.82) is 0 Å². The summed E-state index contributed by atoms with van der Waals surface area (Å²) < 4.78 is 18.0. The summed E-state index contributed by atoms with van der Waals surface area (Å²) in [7, 11) is 0. The van der Waals surface area contributed by atoms with Crippen LogP contribution in [0.3, 0.4) is 0 Å². The maximum atomic E-state index is 13.0. The molecule has 2 N–H and O–H groups in total. The Morgan fingerprint density at radius 2 is 2.30 bits per heavy atom. The van der Waals surface area contributed by atoms with Gasteiger partial charge in [-0.25, -0.2) is 14.0 Å². The first-order chi connectivity index (χ1) is 9.58. The number of carboxylic acid groups (broad SMARTS) is 1. The lowest BCUT2D eigenvalue weighted by Gasteiger charge is -2.32. The summed E-state index contributed by atoms with van der Waals surface area (Å²) in [5.41, 5.74) is 0.610. The summed E-state index contributed by atoms with van der Waals surface area (Å²) in [6.07, 6.45) is 0. The zero-order valence-corrected chi connectivity index (χ0v) is 10.7. The number of rotatable bonds is 3. The second-order valence-electron chi connectivity index (χ2n) is 4.41. The zero-order valence-electron chi connectivity index (χ0n) is 10.7. The van der Waals surface area contributed by atoms with Crippen molar-refractivity contribution < 1.29 is 23.8 Å². The van der Waals surface area contributed by atoms with E-state index in [1.807, 2.05) is 0 Å². The first-order valence-corrected chi connectivity index (χ1v) is 6.17. The Bertz CT molecular complexity index is 509. The molecule has 0 saturated carbocycles. The lowest BCUT2D eigenvalue weighted by molar-refractivity contribution is -0.147. The molecule has 7 heteroatoms. The van der Waals surface area contributed by atoms with Gasteiger partial charge in [-0.3, -0.25) is 0 Å². The molecule has 1 aliphatic rings. The van der Waals surface area contributed by atoms with Gasteiger partial charge in [0, 0.05) is 13.1 Å². The lowest BCUT2D eigenvalue weighted by atomic mass is 10.2. The van der Waals surface area contributed by atoms with Crippen LogP contribution < -0.4 is 5.32 Å². The van der Waals surface area contributed by atoms with Crippen molar-refractivity contribution in [3.05, 3.63) is 35.6 Å². The van der Waals surface area contributed by atoms with E-state index in [0.29, 0.717) is 12.2 Å². The Morgan fingerprint density at radius 3 is 3.00 bits per heavy atom. The average molecular weight is 282 g/mol. The minimum Gasteiger partial charge on any atom is -0.480 e. The van der Waals surface area contributed by atoms with Gasteiger partial charge in [0.25, 0.3) is 0 Å². The Hall–Kier alpha value is -2.15. The van der Waals surface area contributed by atoms with Crippen molar-refractivity contribution in [1.82, 2.24) is 10.2 Å². The number of carbonyl (C=O) groups excluding carboxylic acids is 1. The van der Waals surface area contributed by atoms with Crippen molar-refractivity contribution in [3.63, 3.8) is 0 Å². The fraction of sp³-hybridized carbons (Fsp3) is 0.385. The number of carboxylic acids is 1. The van der Waals surface area contributed by atoms with Gasteiger partial charge in [0.2, 0.25) is 0 Å². The highest BCUT2D eigenvalue weighted by molar-refractivity contribution is 5.83. The summed E-state index contributed by atoms with van der Waals surface area (Å²) in [6, 6.07) is 4.37. The van der Waals surface area contributed by atoms with Crippen molar-refractivity contribution >= 4 is 12.0 Å². The van der Waals surface area contributed by atoms with Crippen LogP contribution in [0.25, 0.3) is 0 Å². The third-order valence-corrected chi connectivity index (χ3v) is 3.01.